The number of carbonyl (C=O) groups is 2. The van der Waals surface area contributed by atoms with Crippen LogP contribution in [0.15, 0.2) is 16.3 Å². The van der Waals surface area contributed by atoms with Gasteiger partial charge in [0, 0.05) is 19.2 Å². The highest BCUT2D eigenvalue weighted by Crippen LogP contribution is 2.41. The number of Topliss-reactive ketones (excluding diaryl/α,β-unsaturated/α-hetero) is 1. The van der Waals surface area contributed by atoms with E-state index in [9.17, 15) is 14.7 Å². The van der Waals surface area contributed by atoms with Gasteiger partial charge in [0.1, 0.15) is 11.7 Å². The van der Waals surface area contributed by atoms with Crippen molar-refractivity contribution in [2.45, 2.75) is 52.9 Å². The van der Waals surface area contributed by atoms with Crippen LogP contribution in [0.3, 0.4) is 0 Å². The summed E-state index contributed by atoms with van der Waals surface area (Å²) in [7, 11) is 1.28. The lowest BCUT2D eigenvalue weighted by Crippen LogP contribution is -2.40. The van der Waals surface area contributed by atoms with E-state index in [2.05, 4.69) is 11.9 Å². The van der Waals surface area contributed by atoms with Gasteiger partial charge in [0.15, 0.2) is 5.78 Å². The fourth-order valence-electron chi connectivity index (χ4n) is 2.75. The molecule has 0 aromatic rings. The third-order valence-corrected chi connectivity index (χ3v) is 4.05. The number of esters is 1. The second-order valence-electron chi connectivity index (χ2n) is 6.44. The number of ketones is 1. The first-order valence-corrected chi connectivity index (χ1v) is 7.89. The number of aliphatic hydroxyl groups excluding tert-OH is 1. The van der Waals surface area contributed by atoms with E-state index in [1.165, 1.54) is 19.7 Å². The normalized spacial score (nSPS) is 21.5. The van der Waals surface area contributed by atoms with Crippen molar-refractivity contribution in [3.8, 4) is 0 Å². The number of ether oxygens (including phenoxy) is 1. The number of unbranched alkanes of at least 4 members (excludes halogenated alkanes) is 3. The van der Waals surface area contributed by atoms with E-state index in [1.54, 1.807) is 13.8 Å². The lowest BCUT2D eigenvalue weighted by atomic mass is 9.68. The molecule has 1 N–H and O–H groups in total. The van der Waals surface area contributed by atoms with Gasteiger partial charge in [-0.15, -0.1) is 0 Å². The molecule has 1 aliphatic carbocycles. The Labute approximate surface area is 132 Å². The number of aliphatic hydroxyl groups is 1. The maximum absolute atomic E-state index is 12.2. The van der Waals surface area contributed by atoms with Crippen LogP contribution in [0.2, 0.25) is 0 Å². The van der Waals surface area contributed by atoms with Crippen molar-refractivity contribution in [2.24, 2.45) is 16.3 Å². The molecule has 5 heteroatoms. The third-order valence-electron chi connectivity index (χ3n) is 4.05. The van der Waals surface area contributed by atoms with Crippen LogP contribution in [0, 0.1) is 11.3 Å². The Morgan fingerprint density at radius 2 is 2.09 bits per heavy atom. The molecule has 1 aliphatic rings. The van der Waals surface area contributed by atoms with Crippen LogP contribution in [0.4, 0.5) is 0 Å². The van der Waals surface area contributed by atoms with E-state index in [0.717, 1.165) is 19.3 Å². The zero-order valence-corrected chi connectivity index (χ0v) is 14.0. The first-order chi connectivity index (χ1) is 10.3. The molecular formula is C17H27NO4. The molecule has 0 spiro atoms. The highest BCUT2D eigenvalue weighted by Gasteiger charge is 2.46. The zero-order chi connectivity index (χ0) is 16.8. The van der Waals surface area contributed by atoms with E-state index in [1.807, 2.05) is 0 Å². The first kappa shape index (κ1) is 18.4. The molecule has 0 saturated heterocycles. The van der Waals surface area contributed by atoms with Crippen LogP contribution in [-0.2, 0) is 14.3 Å². The number of rotatable bonds is 7. The SMILES string of the molecule is CCCCCCN=CC1=C(O)C(C(=O)OC)C(C)(C)CC1=O. The molecule has 1 unspecified atom stereocenters. The van der Waals surface area contributed by atoms with Gasteiger partial charge in [0.25, 0.3) is 0 Å². The number of hydrogen-bond donors (Lipinski definition) is 1. The molecule has 124 valence electrons. The number of carbonyl (C=O) groups excluding carboxylic acids is 2. The predicted molar refractivity (Wildman–Crippen MR) is 86.1 cm³/mol. The topological polar surface area (TPSA) is 76.0 Å². The monoisotopic (exact) mass is 309 g/mol. The van der Waals surface area contributed by atoms with Gasteiger partial charge >= 0.3 is 5.97 Å². The summed E-state index contributed by atoms with van der Waals surface area (Å²) in [5, 5.41) is 10.3. The second-order valence-corrected chi connectivity index (χ2v) is 6.44. The van der Waals surface area contributed by atoms with E-state index >= 15 is 0 Å². The molecule has 1 rings (SSSR count). The average molecular weight is 309 g/mol. The Kier molecular flexibility index (Phi) is 6.78. The average Bonchev–Trinajstić information content (AvgIpc) is 2.44. The third kappa shape index (κ3) is 4.42. The van der Waals surface area contributed by atoms with Crippen molar-refractivity contribution in [3.05, 3.63) is 11.3 Å². The van der Waals surface area contributed by atoms with Crippen LogP contribution in [-0.4, -0.2) is 36.7 Å². The standard InChI is InChI=1S/C17H27NO4/c1-5-6-7-8-9-18-11-12-13(19)10-17(2,3)14(15(12)20)16(21)22-4/h11,14,20H,5-10H2,1-4H3. The van der Waals surface area contributed by atoms with E-state index in [4.69, 9.17) is 4.74 Å². The van der Waals surface area contributed by atoms with Crippen LogP contribution in [0.5, 0.6) is 0 Å². The molecular weight excluding hydrogens is 282 g/mol. The number of nitrogens with zero attached hydrogens (tertiary/aromatic N) is 1. The summed E-state index contributed by atoms with van der Waals surface area (Å²) in [5.74, 6) is -1.74. The van der Waals surface area contributed by atoms with Gasteiger partial charge in [-0.25, -0.2) is 0 Å². The van der Waals surface area contributed by atoms with Crippen LogP contribution < -0.4 is 0 Å². The summed E-state index contributed by atoms with van der Waals surface area (Å²) in [6.07, 6.45) is 5.98. The van der Waals surface area contributed by atoms with Crippen LogP contribution >= 0.6 is 0 Å². The molecule has 22 heavy (non-hydrogen) atoms. The van der Waals surface area contributed by atoms with E-state index < -0.39 is 17.3 Å². The summed E-state index contributed by atoms with van der Waals surface area (Å²) >= 11 is 0. The van der Waals surface area contributed by atoms with Crippen molar-refractivity contribution < 1.29 is 19.4 Å². The number of methoxy groups -OCH3 is 1. The molecule has 0 heterocycles. The largest absolute Gasteiger partial charge is 0.511 e. The fraction of sp³-hybridized carbons (Fsp3) is 0.706. The quantitative estimate of drug-likeness (QED) is 0.445. The predicted octanol–water partition coefficient (Wildman–Crippen LogP) is 3.24. The van der Waals surface area contributed by atoms with Gasteiger partial charge in [-0.3, -0.25) is 14.6 Å². The van der Waals surface area contributed by atoms with Gasteiger partial charge in [0.05, 0.1) is 12.7 Å². The van der Waals surface area contributed by atoms with E-state index in [0.29, 0.717) is 6.54 Å². The molecule has 0 bridgehead atoms. The lowest BCUT2D eigenvalue weighted by Gasteiger charge is -2.35. The summed E-state index contributed by atoms with van der Waals surface area (Å²) < 4.78 is 4.76. The minimum absolute atomic E-state index is 0.144. The lowest BCUT2D eigenvalue weighted by molar-refractivity contribution is -0.150. The smallest absolute Gasteiger partial charge is 0.316 e. The summed E-state index contributed by atoms with van der Waals surface area (Å²) in [4.78, 5) is 28.3. The highest BCUT2D eigenvalue weighted by atomic mass is 16.5. The van der Waals surface area contributed by atoms with Crippen molar-refractivity contribution in [3.63, 3.8) is 0 Å². The number of aliphatic imine (C=N–C) groups is 1. The van der Waals surface area contributed by atoms with E-state index in [-0.39, 0.29) is 23.5 Å². The molecule has 1 atom stereocenters. The molecule has 0 saturated carbocycles. The minimum Gasteiger partial charge on any atom is -0.511 e. The number of allylic oxidation sites excluding steroid dienone is 1. The van der Waals surface area contributed by atoms with Gasteiger partial charge in [-0.1, -0.05) is 40.0 Å². The van der Waals surface area contributed by atoms with Crippen LogP contribution in [0.1, 0.15) is 52.9 Å². The van der Waals surface area contributed by atoms with Crippen molar-refractivity contribution in [2.75, 3.05) is 13.7 Å². The van der Waals surface area contributed by atoms with Crippen molar-refractivity contribution >= 4 is 18.0 Å². The molecule has 0 radical (unpaired) electrons. The molecule has 0 aromatic carbocycles. The Hall–Kier alpha value is -1.65. The molecule has 5 nitrogen and oxygen atoms in total. The molecule has 0 amide bonds. The highest BCUT2D eigenvalue weighted by molar-refractivity contribution is 6.15. The Morgan fingerprint density at radius 3 is 2.68 bits per heavy atom. The number of hydrogen-bond acceptors (Lipinski definition) is 5. The Morgan fingerprint density at radius 1 is 1.41 bits per heavy atom. The summed E-state index contributed by atoms with van der Waals surface area (Å²) in [5.41, 5.74) is -0.516. The maximum Gasteiger partial charge on any atom is 0.316 e. The van der Waals surface area contributed by atoms with Crippen molar-refractivity contribution in [1.82, 2.24) is 0 Å². The molecule has 0 aromatic heterocycles. The van der Waals surface area contributed by atoms with Crippen LogP contribution in [0.25, 0.3) is 0 Å². The fourth-order valence-corrected chi connectivity index (χ4v) is 2.75. The Balaban J connectivity index is 2.88. The molecule has 0 fully saturated rings. The zero-order valence-electron chi connectivity index (χ0n) is 14.0. The van der Waals surface area contributed by atoms with Gasteiger partial charge in [-0.05, 0) is 11.8 Å². The summed E-state index contributed by atoms with van der Waals surface area (Å²) in [6, 6.07) is 0. The first-order valence-electron chi connectivity index (χ1n) is 7.89. The maximum atomic E-state index is 12.2. The van der Waals surface area contributed by atoms with Gasteiger partial charge in [0.2, 0.25) is 0 Å². The van der Waals surface area contributed by atoms with Crippen molar-refractivity contribution in [1.29, 1.82) is 0 Å². The Bertz CT molecular complexity index is 477. The van der Waals surface area contributed by atoms with Gasteiger partial charge in [-0.2, -0.15) is 0 Å². The summed E-state index contributed by atoms with van der Waals surface area (Å²) in [6.45, 7) is 6.32. The second kappa shape index (κ2) is 8.11. The molecule has 0 aliphatic heterocycles. The van der Waals surface area contributed by atoms with Gasteiger partial charge < -0.3 is 9.84 Å². The minimum atomic E-state index is -0.822.